The van der Waals surface area contributed by atoms with Crippen LogP contribution in [-0.4, -0.2) is 15.4 Å². The van der Waals surface area contributed by atoms with Crippen molar-refractivity contribution in [1.82, 2.24) is 15.4 Å². The van der Waals surface area contributed by atoms with Crippen molar-refractivity contribution >= 4 is 11.0 Å². The molecular formula is C12H15N3. The highest BCUT2D eigenvalue weighted by Crippen LogP contribution is 2.34. The molecule has 1 heterocycles. The molecular weight excluding hydrogens is 186 g/mol. The van der Waals surface area contributed by atoms with E-state index in [0.717, 1.165) is 11.0 Å². The van der Waals surface area contributed by atoms with E-state index in [4.69, 9.17) is 0 Å². The molecule has 1 aromatic heterocycles. The van der Waals surface area contributed by atoms with E-state index in [0.29, 0.717) is 5.92 Å². The zero-order chi connectivity index (χ0) is 10.1. The lowest BCUT2D eigenvalue weighted by Crippen LogP contribution is -2.04. The van der Waals surface area contributed by atoms with Gasteiger partial charge < -0.3 is 0 Å². The van der Waals surface area contributed by atoms with Gasteiger partial charge in [0, 0.05) is 0 Å². The summed E-state index contributed by atoms with van der Waals surface area (Å²) >= 11 is 0. The average Bonchev–Trinajstić information content (AvgIpc) is 2.78. The molecule has 0 saturated heterocycles. The number of aromatic amines is 1. The third kappa shape index (κ3) is 1.52. The maximum absolute atomic E-state index is 4.26. The number of fused-ring (bicyclic) bond motifs is 1. The van der Waals surface area contributed by atoms with Gasteiger partial charge in [-0.2, -0.15) is 15.4 Å². The van der Waals surface area contributed by atoms with Crippen molar-refractivity contribution in [3.63, 3.8) is 0 Å². The number of rotatable bonds is 1. The summed E-state index contributed by atoms with van der Waals surface area (Å²) in [5.41, 5.74) is 3.46. The quantitative estimate of drug-likeness (QED) is 0.770. The summed E-state index contributed by atoms with van der Waals surface area (Å²) in [4.78, 5) is 0. The Hall–Kier alpha value is -1.38. The SMILES string of the molecule is c1cc(C2CCCCC2)c2n[nH]nc2c1. The second kappa shape index (κ2) is 3.65. The number of nitrogens with one attached hydrogen (secondary N) is 1. The number of para-hydroxylation sites is 1. The molecule has 0 bridgehead atoms. The molecule has 0 spiro atoms. The Balaban J connectivity index is 2.05. The Labute approximate surface area is 88.9 Å². The maximum atomic E-state index is 4.26. The highest BCUT2D eigenvalue weighted by Gasteiger charge is 2.18. The lowest BCUT2D eigenvalue weighted by Gasteiger charge is -2.21. The van der Waals surface area contributed by atoms with Gasteiger partial charge in [-0.05, 0) is 30.4 Å². The minimum atomic E-state index is 0.701. The van der Waals surface area contributed by atoms with Gasteiger partial charge in [0.05, 0.1) is 0 Å². The fourth-order valence-corrected chi connectivity index (χ4v) is 2.63. The average molecular weight is 201 g/mol. The van der Waals surface area contributed by atoms with Crippen LogP contribution in [0.5, 0.6) is 0 Å². The first-order valence-corrected chi connectivity index (χ1v) is 5.74. The molecule has 2 aromatic rings. The van der Waals surface area contributed by atoms with E-state index in [9.17, 15) is 0 Å². The third-order valence-corrected chi connectivity index (χ3v) is 3.42. The van der Waals surface area contributed by atoms with Gasteiger partial charge in [0.1, 0.15) is 11.0 Å². The van der Waals surface area contributed by atoms with E-state index in [1.165, 1.54) is 37.7 Å². The summed E-state index contributed by atoms with van der Waals surface area (Å²) in [6.07, 6.45) is 6.74. The van der Waals surface area contributed by atoms with Crippen molar-refractivity contribution < 1.29 is 0 Å². The second-order valence-electron chi connectivity index (χ2n) is 4.37. The normalized spacial score (nSPS) is 18.4. The lowest BCUT2D eigenvalue weighted by molar-refractivity contribution is 0.445. The van der Waals surface area contributed by atoms with Gasteiger partial charge >= 0.3 is 0 Å². The molecule has 1 N–H and O–H groups in total. The van der Waals surface area contributed by atoms with Gasteiger partial charge in [-0.15, -0.1) is 0 Å². The number of hydrogen-bond acceptors (Lipinski definition) is 2. The molecule has 1 saturated carbocycles. The van der Waals surface area contributed by atoms with Gasteiger partial charge in [-0.1, -0.05) is 31.4 Å². The molecule has 0 aliphatic heterocycles. The van der Waals surface area contributed by atoms with E-state index < -0.39 is 0 Å². The topological polar surface area (TPSA) is 41.6 Å². The van der Waals surface area contributed by atoms with Gasteiger partial charge in [-0.25, -0.2) is 0 Å². The van der Waals surface area contributed by atoms with Crippen molar-refractivity contribution in [2.75, 3.05) is 0 Å². The minimum Gasteiger partial charge on any atom is -0.197 e. The number of benzene rings is 1. The van der Waals surface area contributed by atoms with Crippen LogP contribution in [0.15, 0.2) is 18.2 Å². The van der Waals surface area contributed by atoms with Crippen molar-refractivity contribution in [2.45, 2.75) is 38.0 Å². The van der Waals surface area contributed by atoms with Gasteiger partial charge in [0.25, 0.3) is 0 Å². The van der Waals surface area contributed by atoms with Crippen molar-refractivity contribution in [1.29, 1.82) is 0 Å². The zero-order valence-corrected chi connectivity index (χ0v) is 8.74. The Morgan fingerprint density at radius 3 is 2.80 bits per heavy atom. The lowest BCUT2D eigenvalue weighted by atomic mass is 9.83. The van der Waals surface area contributed by atoms with E-state index in [1.807, 2.05) is 6.07 Å². The summed E-state index contributed by atoms with van der Waals surface area (Å²) in [6.45, 7) is 0. The maximum Gasteiger partial charge on any atom is 0.116 e. The van der Waals surface area contributed by atoms with Crippen LogP contribution in [0.2, 0.25) is 0 Å². The number of aromatic nitrogens is 3. The Morgan fingerprint density at radius 1 is 1.07 bits per heavy atom. The van der Waals surface area contributed by atoms with Crippen LogP contribution in [0.25, 0.3) is 11.0 Å². The van der Waals surface area contributed by atoms with Crippen LogP contribution >= 0.6 is 0 Å². The highest BCUT2D eigenvalue weighted by molar-refractivity contribution is 5.77. The second-order valence-corrected chi connectivity index (χ2v) is 4.37. The predicted molar refractivity (Wildman–Crippen MR) is 59.7 cm³/mol. The van der Waals surface area contributed by atoms with Gasteiger partial charge in [0.2, 0.25) is 0 Å². The molecule has 3 nitrogen and oxygen atoms in total. The molecule has 1 aliphatic rings. The Kier molecular flexibility index (Phi) is 2.16. The minimum absolute atomic E-state index is 0.701. The van der Waals surface area contributed by atoms with Crippen LogP contribution in [0.4, 0.5) is 0 Å². The van der Waals surface area contributed by atoms with E-state index >= 15 is 0 Å². The Bertz CT molecular complexity index is 455. The number of nitrogens with zero attached hydrogens (tertiary/aromatic N) is 2. The zero-order valence-electron chi connectivity index (χ0n) is 8.74. The van der Waals surface area contributed by atoms with Crippen LogP contribution in [-0.2, 0) is 0 Å². The van der Waals surface area contributed by atoms with Crippen LogP contribution in [0, 0.1) is 0 Å². The van der Waals surface area contributed by atoms with E-state index in [-0.39, 0.29) is 0 Å². The van der Waals surface area contributed by atoms with Crippen LogP contribution < -0.4 is 0 Å². The molecule has 1 aromatic carbocycles. The monoisotopic (exact) mass is 201 g/mol. The van der Waals surface area contributed by atoms with Gasteiger partial charge in [-0.3, -0.25) is 0 Å². The number of H-pyrrole nitrogens is 1. The molecule has 15 heavy (non-hydrogen) atoms. The Morgan fingerprint density at radius 2 is 1.93 bits per heavy atom. The summed E-state index contributed by atoms with van der Waals surface area (Å²) in [6, 6.07) is 6.32. The largest absolute Gasteiger partial charge is 0.197 e. The van der Waals surface area contributed by atoms with Gasteiger partial charge in [0.15, 0.2) is 0 Å². The summed E-state index contributed by atoms with van der Waals surface area (Å²) in [7, 11) is 0. The fourth-order valence-electron chi connectivity index (χ4n) is 2.63. The van der Waals surface area contributed by atoms with Crippen LogP contribution in [0.3, 0.4) is 0 Å². The molecule has 0 atom stereocenters. The fraction of sp³-hybridized carbons (Fsp3) is 0.500. The standard InChI is InChI=1S/C12H15N3/c1-2-5-9(6-3-1)10-7-4-8-11-12(10)14-15-13-11/h4,7-9H,1-3,5-6H2,(H,13,14,15). The summed E-state index contributed by atoms with van der Waals surface area (Å²) in [5, 5.41) is 11.1. The van der Waals surface area contributed by atoms with Crippen molar-refractivity contribution in [3.05, 3.63) is 23.8 Å². The van der Waals surface area contributed by atoms with Crippen LogP contribution in [0.1, 0.15) is 43.6 Å². The third-order valence-electron chi connectivity index (χ3n) is 3.42. The molecule has 3 rings (SSSR count). The first-order chi connectivity index (χ1) is 7.45. The van der Waals surface area contributed by atoms with Crippen molar-refractivity contribution in [3.8, 4) is 0 Å². The first kappa shape index (κ1) is 8.89. The smallest absolute Gasteiger partial charge is 0.116 e. The molecule has 78 valence electrons. The molecule has 1 aliphatic carbocycles. The molecule has 3 heteroatoms. The predicted octanol–water partition coefficient (Wildman–Crippen LogP) is 3.01. The van der Waals surface area contributed by atoms with E-state index in [1.54, 1.807) is 0 Å². The summed E-state index contributed by atoms with van der Waals surface area (Å²) in [5.74, 6) is 0.701. The molecule has 0 amide bonds. The summed E-state index contributed by atoms with van der Waals surface area (Å²) < 4.78 is 0. The highest BCUT2D eigenvalue weighted by atomic mass is 15.3. The first-order valence-electron chi connectivity index (χ1n) is 5.74. The molecule has 0 unspecified atom stereocenters. The number of hydrogen-bond donors (Lipinski definition) is 1. The molecule has 1 fully saturated rings. The van der Waals surface area contributed by atoms with Crippen molar-refractivity contribution in [2.24, 2.45) is 0 Å². The molecule has 0 radical (unpaired) electrons. The van der Waals surface area contributed by atoms with E-state index in [2.05, 4.69) is 27.5 Å².